The predicted octanol–water partition coefficient (Wildman–Crippen LogP) is -0.506. The third kappa shape index (κ3) is 2.15. The summed E-state index contributed by atoms with van der Waals surface area (Å²) in [7, 11) is 0. The second kappa shape index (κ2) is 5.11. The summed E-state index contributed by atoms with van der Waals surface area (Å²) >= 11 is 0. The van der Waals surface area contributed by atoms with E-state index in [9.17, 15) is 9.59 Å². The molecule has 0 aromatic rings. The number of rotatable bonds is 0. The van der Waals surface area contributed by atoms with Crippen LogP contribution in [-0.2, 0) is 4.79 Å². The number of hydrogen-bond acceptors (Lipinski definition) is 3. The summed E-state index contributed by atoms with van der Waals surface area (Å²) in [5, 5.41) is 0. The van der Waals surface area contributed by atoms with Gasteiger partial charge in [-0.05, 0) is 17.8 Å². The molecule has 3 rings (SSSR count). The molecule has 1 unspecified atom stereocenters. The minimum atomic E-state index is -0.460. The van der Waals surface area contributed by atoms with Crippen LogP contribution in [0.3, 0.4) is 0 Å². The fraction of sp³-hybridized carbons (Fsp3) is 0.692. The first-order chi connectivity index (χ1) is 9.29. The van der Waals surface area contributed by atoms with Crippen LogP contribution in [0.4, 0.5) is 4.79 Å². The van der Waals surface area contributed by atoms with Crippen LogP contribution in [0.25, 0.3) is 0 Å². The van der Waals surface area contributed by atoms with Crippen molar-refractivity contribution in [3.8, 4) is 0 Å². The van der Waals surface area contributed by atoms with E-state index < -0.39 is 6.04 Å². The highest BCUT2D eigenvalue weighted by atomic mass is 16.2. The molecular formula is C13H19N4O2+. The third-order valence-electron chi connectivity index (χ3n) is 3.96. The standard InChI is InChI=1S/C13H18N4O2/c18-12-10-11(15-9-14-10)16-7-5-3-1-2-4-6-8-17(12)13(16)19/h9-10H,1-8H2/p+1. The smallest absolute Gasteiger partial charge is 0.269 e. The maximum atomic E-state index is 12.4. The van der Waals surface area contributed by atoms with Gasteiger partial charge in [0, 0.05) is 13.1 Å². The van der Waals surface area contributed by atoms with Crippen molar-refractivity contribution in [3.63, 3.8) is 0 Å². The third-order valence-corrected chi connectivity index (χ3v) is 3.96. The van der Waals surface area contributed by atoms with Gasteiger partial charge >= 0.3 is 6.03 Å². The van der Waals surface area contributed by atoms with Crippen molar-refractivity contribution in [1.82, 2.24) is 9.80 Å². The molecule has 0 saturated carbocycles. The van der Waals surface area contributed by atoms with E-state index in [-0.39, 0.29) is 11.9 Å². The molecule has 6 heteroatoms. The van der Waals surface area contributed by atoms with Crippen molar-refractivity contribution in [2.75, 3.05) is 13.1 Å². The number of carbonyl (C=O) groups excluding carboxylic acids is 2. The molecule has 3 heterocycles. The maximum absolute atomic E-state index is 12.4. The number of imide groups is 1. The average molecular weight is 263 g/mol. The number of amides is 3. The number of aliphatic imine (C=N–C) groups is 1. The molecule has 102 valence electrons. The van der Waals surface area contributed by atoms with Crippen LogP contribution in [0.15, 0.2) is 4.99 Å². The zero-order chi connectivity index (χ0) is 13.2. The van der Waals surface area contributed by atoms with Gasteiger partial charge in [0.25, 0.3) is 24.1 Å². The Hall–Kier alpha value is -1.72. The summed E-state index contributed by atoms with van der Waals surface area (Å²) in [6.45, 7) is 1.19. The van der Waals surface area contributed by atoms with Crippen molar-refractivity contribution < 1.29 is 14.6 Å². The molecule has 1 N–H and O–H groups in total. The van der Waals surface area contributed by atoms with Crippen LogP contribution < -0.4 is 4.99 Å². The number of nitrogens with one attached hydrogen (secondary N) is 1. The Labute approximate surface area is 112 Å². The monoisotopic (exact) mass is 263 g/mol. The molecule has 3 aliphatic rings. The van der Waals surface area contributed by atoms with E-state index >= 15 is 0 Å². The molecule has 6 nitrogen and oxygen atoms in total. The van der Waals surface area contributed by atoms with Gasteiger partial charge in [-0.1, -0.05) is 25.7 Å². The SMILES string of the molecule is O=C1C2[NH+]=CN=C2N2CCCCCCCCN1C2=O. The molecule has 2 fully saturated rings. The van der Waals surface area contributed by atoms with Crippen LogP contribution >= 0.6 is 0 Å². The van der Waals surface area contributed by atoms with Gasteiger partial charge in [-0.15, -0.1) is 0 Å². The van der Waals surface area contributed by atoms with Crippen LogP contribution in [0.5, 0.6) is 0 Å². The van der Waals surface area contributed by atoms with E-state index in [1.54, 1.807) is 4.90 Å². The van der Waals surface area contributed by atoms with Gasteiger partial charge in [0.05, 0.1) is 0 Å². The molecule has 0 spiro atoms. The lowest BCUT2D eigenvalue weighted by atomic mass is 10.1. The van der Waals surface area contributed by atoms with Gasteiger partial charge < -0.3 is 0 Å². The van der Waals surface area contributed by atoms with Gasteiger partial charge in [-0.25, -0.2) is 4.79 Å². The summed E-state index contributed by atoms with van der Waals surface area (Å²) in [5.74, 6) is 0.415. The fourth-order valence-electron chi connectivity index (χ4n) is 2.89. The van der Waals surface area contributed by atoms with Crippen LogP contribution in [0.2, 0.25) is 0 Å². The average Bonchev–Trinajstić information content (AvgIpc) is 2.87. The first-order valence-corrected chi connectivity index (χ1v) is 7.07. The normalized spacial score (nSPS) is 28.0. The summed E-state index contributed by atoms with van der Waals surface area (Å²) in [5.41, 5.74) is 0. The molecule has 3 amide bonds. The van der Waals surface area contributed by atoms with Crippen molar-refractivity contribution in [2.45, 2.75) is 44.6 Å². The minimum absolute atomic E-state index is 0.159. The Morgan fingerprint density at radius 2 is 1.63 bits per heavy atom. The Bertz CT molecular complexity index is 458. The molecule has 2 saturated heterocycles. The van der Waals surface area contributed by atoms with E-state index in [1.807, 2.05) is 0 Å². The van der Waals surface area contributed by atoms with Gasteiger partial charge in [-0.2, -0.15) is 0 Å². The number of carbonyl (C=O) groups is 2. The van der Waals surface area contributed by atoms with Crippen molar-refractivity contribution in [3.05, 3.63) is 0 Å². The van der Waals surface area contributed by atoms with E-state index in [4.69, 9.17) is 0 Å². The summed E-state index contributed by atoms with van der Waals surface area (Å²) in [4.78, 5) is 34.9. The first kappa shape index (κ1) is 12.3. The maximum Gasteiger partial charge on any atom is 0.334 e. The van der Waals surface area contributed by atoms with Gasteiger partial charge in [0.15, 0.2) is 0 Å². The molecule has 0 radical (unpaired) electrons. The van der Waals surface area contributed by atoms with Gasteiger partial charge in [0.2, 0.25) is 0 Å². The molecule has 0 aromatic carbocycles. The van der Waals surface area contributed by atoms with E-state index in [0.29, 0.717) is 18.9 Å². The zero-order valence-electron chi connectivity index (χ0n) is 11.0. The topological polar surface area (TPSA) is 67.0 Å². The molecule has 2 bridgehead atoms. The van der Waals surface area contributed by atoms with Crippen LogP contribution in [-0.4, -0.2) is 53.0 Å². The molecule has 1 atom stereocenters. The lowest BCUT2D eigenvalue weighted by molar-refractivity contribution is -0.461. The molecule has 3 aliphatic heterocycles. The van der Waals surface area contributed by atoms with Gasteiger partial charge in [-0.3, -0.25) is 19.6 Å². The Morgan fingerprint density at radius 3 is 2.37 bits per heavy atom. The Kier molecular flexibility index (Phi) is 3.31. The zero-order valence-corrected chi connectivity index (χ0v) is 11.0. The number of amidine groups is 1. The molecular weight excluding hydrogens is 244 g/mol. The number of hydrogen-bond donors (Lipinski definition) is 1. The fourth-order valence-corrected chi connectivity index (χ4v) is 2.89. The van der Waals surface area contributed by atoms with Crippen molar-refractivity contribution >= 4 is 24.1 Å². The minimum Gasteiger partial charge on any atom is -0.269 e. The summed E-state index contributed by atoms with van der Waals surface area (Å²) in [6.07, 6.45) is 8.00. The summed E-state index contributed by atoms with van der Waals surface area (Å²) in [6, 6.07) is -0.655. The highest BCUT2D eigenvalue weighted by Crippen LogP contribution is 2.18. The highest BCUT2D eigenvalue weighted by molar-refractivity contribution is 6.21. The lowest BCUT2D eigenvalue weighted by Gasteiger charge is -2.33. The van der Waals surface area contributed by atoms with Crippen molar-refractivity contribution in [2.24, 2.45) is 4.99 Å². The molecule has 0 aliphatic carbocycles. The number of fused-ring (bicyclic) bond motifs is 4. The Morgan fingerprint density at radius 1 is 1.00 bits per heavy atom. The van der Waals surface area contributed by atoms with E-state index in [1.165, 1.54) is 24.1 Å². The summed E-state index contributed by atoms with van der Waals surface area (Å²) < 4.78 is 0. The molecule has 19 heavy (non-hydrogen) atoms. The predicted molar refractivity (Wildman–Crippen MR) is 69.8 cm³/mol. The van der Waals surface area contributed by atoms with E-state index in [2.05, 4.69) is 9.98 Å². The Balaban J connectivity index is 1.88. The van der Waals surface area contributed by atoms with Gasteiger partial charge in [0.1, 0.15) is 0 Å². The quantitative estimate of drug-likeness (QED) is 0.640. The first-order valence-electron chi connectivity index (χ1n) is 7.07. The lowest BCUT2D eigenvalue weighted by Crippen LogP contribution is -2.84. The number of nitrogens with zero attached hydrogens (tertiary/aromatic N) is 3. The van der Waals surface area contributed by atoms with E-state index in [0.717, 1.165) is 25.7 Å². The number of urea groups is 1. The largest absolute Gasteiger partial charge is 0.334 e. The van der Waals surface area contributed by atoms with Crippen LogP contribution in [0, 0.1) is 0 Å². The van der Waals surface area contributed by atoms with Crippen molar-refractivity contribution in [1.29, 1.82) is 0 Å². The second-order valence-electron chi connectivity index (χ2n) is 5.26. The molecule has 0 aromatic heterocycles. The van der Waals surface area contributed by atoms with Crippen LogP contribution in [0.1, 0.15) is 38.5 Å². The highest BCUT2D eigenvalue weighted by Gasteiger charge is 2.49. The second-order valence-corrected chi connectivity index (χ2v) is 5.26.